The van der Waals surface area contributed by atoms with E-state index in [-0.39, 0.29) is 18.5 Å². The Labute approximate surface area is 128 Å². The van der Waals surface area contributed by atoms with Crippen molar-refractivity contribution in [2.45, 2.75) is 39.3 Å². The number of aromatic nitrogens is 2. The maximum Gasteiger partial charge on any atom is 0.325 e. The second-order valence-corrected chi connectivity index (χ2v) is 6.06. The zero-order valence-corrected chi connectivity index (χ0v) is 13.2. The number of hydrogen-bond donors (Lipinski definition) is 2. The van der Waals surface area contributed by atoms with Gasteiger partial charge in [0.25, 0.3) is 5.91 Å². The fourth-order valence-electron chi connectivity index (χ4n) is 2.19. The minimum absolute atomic E-state index is 0.000281. The van der Waals surface area contributed by atoms with Gasteiger partial charge in [-0.1, -0.05) is 0 Å². The maximum absolute atomic E-state index is 12.0. The van der Waals surface area contributed by atoms with Crippen molar-refractivity contribution in [3.63, 3.8) is 0 Å². The Morgan fingerprint density at radius 3 is 2.64 bits per heavy atom. The lowest BCUT2D eigenvalue weighted by molar-refractivity contribution is -0.127. The molecule has 1 atom stereocenters. The van der Waals surface area contributed by atoms with Crippen molar-refractivity contribution in [1.82, 2.24) is 25.3 Å². The van der Waals surface area contributed by atoms with Crippen molar-refractivity contribution in [2.75, 3.05) is 13.1 Å². The molecule has 1 saturated heterocycles. The fourth-order valence-corrected chi connectivity index (χ4v) is 2.19. The molecule has 2 N–H and O–H groups in total. The van der Waals surface area contributed by atoms with Crippen LogP contribution in [0.1, 0.15) is 32.4 Å². The lowest BCUT2D eigenvalue weighted by Gasteiger charge is -2.27. The number of urea groups is 1. The van der Waals surface area contributed by atoms with Crippen molar-refractivity contribution >= 4 is 17.8 Å². The van der Waals surface area contributed by atoms with Gasteiger partial charge in [-0.3, -0.25) is 19.6 Å². The highest BCUT2D eigenvalue weighted by atomic mass is 16.2. The Bertz CT molecular complexity index is 607. The second kappa shape index (κ2) is 5.78. The number of carbonyl (C=O) groups is 3. The molecule has 1 aromatic heterocycles. The minimum Gasteiger partial charge on any atom is -0.352 e. The molecular formula is C14H21N5O3. The van der Waals surface area contributed by atoms with Crippen LogP contribution in [0.3, 0.4) is 0 Å². The molecule has 2 rings (SSSR count). The summed E-state index contributed by atoms with van der Waals surface area (Å²) in [5.74, 6) is -0.709. The van der Waals surface area contributed by atoms with Crippen molar-refractivity contribution in [3.05, 3.63) is 18.0 Å². The van der Waals surface area contributed by atoms with Crippen LogP contribution in [-0.2, 0) is 9.59 Å². The summed E-state index contributed by atoms with van der Waals surface area (Å²) in [5, 5.41) is 9.16. The topological polar surface area (TPSA) is 96.3 Å². The van der Waals surface area contributed by atoms with Crippen molar-refractivity contribution in [2.24, 2.45) is 0 Å². The third kappa shape index (κ3) is 3.10. The van der Waals surface area contributed by atoms with E-state index in [1.807, 2.05) is 20.0 Å². The largest absolute Gasteiger partial charge is 0.352 e. The quantitative estimate of drug-likeness (QED) is 0.759. The number of rotatable bonds is 5. The van der Waals surface area contributed by atoms with Crippen LogP contribution in [0.15, 0.2) is 12.4 Å². The summed E-state index contributed by atoms with van der Waals surface area (Å²) in [6, 6.07) is -0.541. The molecule has 2 heterocycles. The highest BCUT2D eigenvalue weighted by Gasteiger charge is 2.46. The van der Waals surface area contributed by atoms with Crippen LogP contribution < -0.4 is 10.6 Å². The predicted octanol–water partition coefficient (Wildman–Crippen LogP) is 0.199. The first-order valence-corrected chi connectivity index (χ1v) is 7.12. The lowest BCUT2D eigenvalue weighted by Crippen LogP contribution is -2.49. The normalized spacial score (nSPS) is 18.3. The van der Waals surface area contributed by atoms with Gasteiger partial charge in [-0.2, -0.15) is 5.10 Å². The van der Waals surface area contributed by atoms with Crippen molar-refractivity contribution in [1.29, 1.82) is 0 Å². The van der Waals surface area contributed by atoms with Crippen LogP contribution in [0.25, 0.3) is 0 Å². The number of nitrogens with zero attached hydrogens (tertiary/aromatic N) is 3. The molecule has 0 saturated carbocycles. The number of hydrogen-bond acceptors (Lipinski definition) is 4. The molecular weight excluding hydrogens is 286 g/mol. The molecule has 0 radical (unpaired) electrons. The monoisotopic (exact) mass is 307 g/mol. The van der Waals surface area contributed by atoms with E-state index in [9.17, 15) is 14.4 Å². The Hall–Kier alpha value is -2.38. The highest BCUT2D eigenvalue weighted by molar-refractivity contribution is 6.07. The first kappa shape index (κ1) is 16.0. The van der Waals surface area contributed by atoms with Gasteiger partial charge >= 0.3 is 6.03 Å². The van der Waals surface area contributed by atoms with E-state index < -0.39 is 17.5 Å². The first-order chi connectivity index (χ1) is 10.2. The Balaban J connectivity index is 1.88. The summed E-state index contributed by atoms with van der Waals surface area (Å²) in [6.07, 6.45) is 3.65. The molecule has 1 aliphatic heterocycles. The molecule has 0 spiro atoms. The van der Waals surface area contributed by atoms with E-state index in [2.05, 4.69) is 15.7 Å². The van der Waals surface area contributed by atoms with Gasteiger partial charge in [-0.05, 0) is 33.3 Å². The van der Waals surface area contributed by atoms with E-state index in [0.29, 0.717) is 6.54 Å². The maximum atomic E-state index is 12.0. The molecule has 0 aliphatic carbocycles. The van der Waals surface area contributed by atoms with Gasteiger partial charge in [-0.15, -0.1) is 0 Å². The number of carbonyl (C=O) groups excluding carboxylic acids is 3. The van der Waals surface area contributed by atoms with Crippen LogP contribution in [0, 0.1) is 6.92 Å². The highest BCUT2D eigenvalue weighted by Crippen LogP contribution is 2.20. The minimum atomic E-state index is -1.01. The average Bonchev–Trinajstić information content (AvgIpc) is 2.94. The average molecular weight is 307 g/mol. The smallest absolute Gasteiger partial charge is 0.325 e. The molecule has 22 heavy (non-hydrogen) atoms. The number of nitrogens with one attached hydrogen (secondary N) is 2. The van der Waals surface area contributed by atoms with Gasteiger partial charge in [0.05, 0.1) is 12.2 Å². The number of amides is 4. The summed E-state index contributed by atoms with van der Waals surface area (Å²) in [7, 11) is 0. The molecule has 4 amide bonds. The van der Waals surface area contributed by atoms with Crippen molar-refractivity contribution in [3.8, 4) is 0 Å². The molecule has 8 heteroatoms. The fraction of sp³-hybridized carbons (Fsp3) is 0.571. The molecule has 120 valence electrons. The van der Waals surface area contributed by atoms with Gasteiger partial charge < -0.3 is 10.2 Å². The Kier molecular flexibility index (Phi) is 4.20. The molecule has 0 aromatic carbocycles. The summed E-state index contributed by atoms with van der Waals surface area (Å²) >= 11 is 0. The van der Waals surface area contributed by atoms with Gasteiger partial charge in [0.15, 0.2) is 0 Å². The van der Waals surface area contributed by atoms with E-state index in [0.717, 1.165) is 5.56 Å². The third-order valence-electron chi connectivity index (χ3n) is 3.77. The molecule has 0 unspecified atom stereocenters. The molecule has 0 bridgehead atoms. The van der Waals surface area contributed by atoms with E-state index in [4.69, 9.17) is 0 Å². The van der Waals surface area contributed by atoms with Crippen LogP contribution in [0.5, 0.6) is 0 Å². The summed E-state index contributed by atoms with van der Waals surface area (Å²) in [4.78, 5) is 36.6. The van der Waals surface area contributed by atoms with Crippen LogP contribution in [0.4, 0.5) is 4.79 Å². The van der Waals surface area contributed by atoms with Crippen molar-refractivity contribution < 1.29 is 14.4 Å². The molecule has 1 fully saturated rings. The van der Waals surface area contributed by atoms with E-state index in [1.165, 1.54) is 4.90 Å². The van der Waals surface area contributed by atoms with Crippen LogP contribution in [0.2, 0.25) is 0 Å². The summed E-state index contributed by atoms with van der Waals surface area (Å²) < 4.78 is 1.77. The Morgan fingerprint density at radius 2 is 2.14 bits per heavy atom. The van der Waals surface area contributed by atoms with Gasteiger partial charge in [0, 0.05) is 12.7 Å². The third-order valence-corrected chi connectivity index (χ3v) is 3.77. The number of imide groups is 1. The zero-order valence-electron chi connectivity index (χ0n) is 13.2. The van der Waals surface area contributed by atoms with Gasteiger partial charge in [0.1, 0.15) is 12.1 Å². The first-order valence-electron chi connectivity index (χ1n) is 7.12. The molecule has 1 aliphatic rings. The predicted molar refractivity (Wildman–Crippen MR) is 79.0 cm³/mol. The Morgan fingerprint density at radius 1 is 1.45 bits per heavy atom. The zero-order chi connectivity index (χ0) is 16.5. The second-order valence-electron chi connectivity index (χ2n) is 6.06. The standard InChI is InChI=1S/C14H21N5O3/c1-9-5-16-19(7-9)10(2)6-15-11(20)8-18-13(22)17-12(21)14(18,3)4/h5,7,10H,6,8H2,1-4H3,(H,15,20)(H,17,21,22)/t10-/m0/s1. The van der Waals surface area contributed by atoms with Crippen LogP contribution >= 0.6 is 0 Å². The lowest BCUT2D eigenvalue weighted by atomic mass is 10.0. The van der Waals surface area contributed by atoms with E-state index in [1.54, 1.807) is 24.7 Å². The molecule has 8 nitrogen and oxygen atoms in total. The van der Waals surface area contributed by atoms with E-state index >= 15 is 0 Å². The molecule has 1 aromatic rings. The summed E-state index contributed by atoms with van der Waals surface area (Å²) in [5.41, 5.74) is 0.0336. The SMILES string of the molecule is Cc1cnn([C@@H](C)CNC(=O)CN2C(=O)NC(=O)C2(C)C)c1. The number of aryl methyl sites for hydroxylation is 1. The van der Waals surface area contributed by atoms with Gasteiger partial charge in [-0.25, -0.2) is 4.79 Å². The van der Waals surface area contributed by atoms with Crippen LogP contribution in [-0.4, -0.2) is 51.2 Å². The van der Waals surface area contributed by atoms with Gasteiger partial charge in [0.2, 0.25) is 5.91 Å². The summed E-state index contributed by atoms with van der Waals surface area (Å²) in [6.45, 7) is 7.33.